The smallest absolute Gasteiger partial charge is 0.407 e. The first-order chi connectivity index (χ1) is 7.24. The predicted molar refractivity (Wildman–Crippen MR) is 64.5 cm³/mol. The lowest BCUT2D eigenvalue weighted by Gasteiger charge is -2.23. The molecule has 1 rings (SSSR count). The van der Waals surface area contributed by atoms with Gasteiger partial charge in [0.05, 0.1) is 0 Å². The van der Waals surface area contributed by atoms with Gasteiger partial charge in [-0.1, -0.05) is 6.92 Å². The van der Waals surface area contributed by atoms with E-state index in [2.05, 4.69) is 24.5 Å². The number of rotatable bonds is 2. The molecule has 0 radical (unpaired) electrons. The van der Waals surface area contributed by atoms with Gasteiger partial charge in [-0.2, -0.15) is 0 Å². The average Bonchev–Trinajstić information content (AvgIpc) is 2.45. The van der Waals surface area contributed by atoms with E-state index in [4.69, 9.17) is 4.74 Å². The van der Waals surface area contributed by atoms with E-state index >= 15 is 0 Å². The molecule has 1 heterocycles. The molecule has 0 aliphatic carbocycles. The van der Waals surface area contributed by atoms with Crippen LogP contribution in [0.3, 0.4) is 0 Å². The van der Waals surface area contributed by atoms with Gasteiger partial charge in [0.25, 0.3) is 0 Å². The van der Waals surface area contributed by atoms with Crippen LogP contribution in [0, 0.1) is 0 Å². The Bertz CT molecular complexity index is 260. The van der Waals surface area contributed by atoms with Crippen molar-refractivity contribution in [2.45, 2.75) is 64.6 Å². The zero-order valence-corrected chi connectivity index (χ0v) is 11.0. The zero-order chi connectivity index (χ0) is 12.4. The maximum absolute atomic E-state index is 11.6. The molecule has 0 aromatic carbocycles. The Balaban J connectivity index is 2.37. The van der Waals surface area contributed by atoms with E-state index in [9.17, 15) is 4.79 Å². The first-order valence-electron chi connectivity index (χ1n) is 5.99. The van der Waals surface area contributed by atoms with Gasteiger partial charge in [0.1, 0.15) is 5.60 Å². The molecule has 1 saturated heterocycles. The fourth-order valence-electron chi connectivity index (χ4n) is 1.90. The van der Waals surface area contributed by atoms with Crippen molar-refractivity contribution in [3.8, 4) is 0 Å². The monoisotopic (exact) mass is 228 g/mol. The van der Waals surface area contributed by atoms with E-state index in [0.29, 0.717) is 0 Å². The number of amides is 1. The minimum atomic E-state index is -0.426. The van der Waals surface area contributed by atoms with Crippen molar-refractivity contribution in [2.24, 2.45) is 0 Å². The third kappa shape index (κ3) is 4.00. The molecular formula is C12H24N2O2. The number of hydrogen-bond acceptors (Lipinski definition) is 3. The van der Waals surface area contributed by atoms with Crippen LogP contribution < -0.4 is 10.6 Å². The van der Waals surface area contributed by atoms with Gasteiger partial charge in [-0.3, -0.25) is 0 Å². The Hall–Kier alpha value is -0.770. The zero-order valence-electron chi connectivity index (χ0n) is 11.0. The van der Waals surface area contributed by atoms with Gasteiger partial charge in [-0.15, -0.1) is 0 Å². The van der Waals surface area contributed by atoms with Crippen molar-refractivity contribution < 1.29 is 9.53 Å². The van der Waals surface area contributed by atoms with Gasteiger partial charge in [0.2, 0.25) is 0 Å². The van der Waals surface area contributed by atoms with Crippen LogP contribution in [-0.4, -0.2) is 29.8 Å². The van der Waals surface area contributed by atoms with Crippen LogP contribution in [0.5, 0.6) is 0 Å². The van der Waals surface area contributed by atoms with Crippen molar-refractivity contribution >= 4 is 6.09 Å². The van der Waals surface area contributed by atoms with E-state index < -0.39 is 5.60 Å². The maximum Gasteiger partial charge on any atom is 0.407 e. The van der Waals surface area contributed by atoms with Crippen molar-refractivity contribution in [1.29, 1.82) is 0 Å². The summed E-state index contributed by atoms with van der Waals surface area (Å²) in [5.41, 5.74) is -0.274. The Morgan fingerprint density at radius 2 is 2.19 bits per heavy atom. The molecule has 4 heteroatoms. The van der Waals surface area contributed by atoms with Crippen LogP contribution in [0.2, 0.25) is 0 Å². The first-order valence-corrected chi connectivity index (χ1v) is 5.99. The summed E-state index contributed by atoms with van der Waals surface area (Å²) in [5, 5.41) is 6.33. The van der Waals surface area contributed by atoms with Crippen molar-refractivity contribution in [2.75, 3.05) is 6.54 Å². The molecule has 4 nitrogen and oxygen atoms in total. The highest BCUT2D eigenvalue weighted by atomic mass is 16.6. The lowest BCUT2D eigenvalue weighted by Crippen LogP contribution is -2.40. The average molecular weight is 228 g/mol. The van der Waals surface area contributed by atoms with Gasteiger partial charge < -0.3 is 15.4 Å². The lowest BCUT2D eigenvalue weighted by atomic mass is 9.96. The van der Waals surface area contributed by atoms with Crippen molar-refractivity contribution in [3.05, 3.63) is 0 Å². The number of alkyl carbamates (subject to hydrolysis) is 1. The minimum Gasteiger partial charge on any atom is -0.444 e. The third-order valence-electron chi connectivity index (χ3n) is 2.97. The minimum absolute atomic E-state index is 0.152. The Labute approximate surface area is 98.1 Å². The predicted octanol–water partition coefficient (Wildman–Crippen LogP) is 2.04. The van der Waals surface area contributed by atoms with E-state index in [1.54, 1.807) is 0 Å². The Kier molecular flexibility index (Phi) is 3.84. The third-order valence-corrected chi connectivity index (χ3v) is 2.97. The molecule has 2 atom stereocenters. The molecule has 1 aliphatic heterocycles. The molecule has 0 bridgehead atoms. The van der Waals surface area contributed by atoms with Crippen LogP contribution in [-0.2, 0) is 4.74 Å². The highest BCUT2D eigenvalue weighted by Crippen LogP contribution is 2.22. The maximum atomic E-state index is 11.6. The van der Waals surface area contributed by atoms with Crippen LogP contribution >= 0.6 is 0 Å². The van der Waals surface area contributed by atoms with Crippen molar-refractivity contribution in [1.82, 2.24) is 10.6 Å². The largest absolute Gasteiger partial charge is 0.444 e. The molecule has 16 heavy (non-hydrogen) atoms. The Morgan fingerprint density at radius 1 is 1.56 bits per heavy atom. The van der Waals surface area contributed by atoms with Crippen LogP contribution in [0.15, 0.2) is 0 Å². The summed E-state index contributed by atoms with van der Waals surface area (Å²) in [6.45, 7) is 10.8. The molecule has 0 aromatic heterocycles. The summed E-state index contributed by atoms with van der Waals surface area (Å²) in [5.74, 6) is 0. The second-order valence-corrected chi connectivity index (χ2v) is 5.84. The van der Waals surface area contributed by atoms with Gasteiger partial charge >= 0.3 is 6.09 Å². The molecular weight excluding hydrogens is 204 g/mol. The molecule has 1 aliphatic rings. The second-order valence-electron chi connectivity index (χ2n) is 5.84. The fraction of sp³-hybridized carbons (Fsp3) is 0.917. The summed E-state index contributed by atoms with van der Waals surface area (Å²) in [6, 6.07) is 0.180. The summed E-state index contributed by atoms with van der Waals surface area (Å²) in [7, 11) is 0. The summed E-state index contributed by atoms with van der Waals surface area (Å²) in [6.07, 6.45) is 1.71. The second kappa shape index (κ2) is 4.62. The number of carbonyl (C=O) groups is 1. The van der Waals surface area contributed by atoms with Gasteiger partial charge in [-0.25, -0.2) is 4.79 Å². The fourth-order valence-corrected chi connectivity index (χ4v) is 1.90. The summed E-state index contributed by atoms with van der Waals surface area (Å²) in [4.78, 5) is 11.6. The number of carbonyl (C=O) groups excluding carboxylic acids is 1. The first kappa shape index (κ1) is 13.3. The molecule has 94 valence electrons. The highest BCUT2D eigenvalue weighted by Gasteiger charge is 2.34. The van der Waals surface area contributed by atoms with Crippen molar-refractivity contribution in [3.63, 3.8) is 0 Å². The number of ether oxygens (including phenoxy) is 1. The molecule has 2 unspecified atom stereocenters. The van der Waals surface area contributed by atoms with E-state index in [-0.39, 0.29) is 17.7 Å². The molecule has 2 N–H and O–H groups in total. The van der Waals surface area contributed by atoms with E-state index in [0.717, 1.165) is 19.4 Å². The van der Waals surface area contributed by atoms with Crippen LogP contribution in [0.4, 0.5) is 4.79 Å². The van der Waals surface area contributed by atoms with Crippen LogP contribution in [0.1, 0.15) is 47.5 Å². The molecule has 1 fully saturated rings. The number of nitrogens with one attached hydrogen (secondary N) is 2. The SMILES string of the molecule is CCC1(C)CC(NC(=O)OC(C)(C)C)CN1. The lowest BCUT2D eigenvalue weighted by molar-refractivity contribution is 0.0507. The Morgan fingerprint density at radius 3 is 2.62 bits per heavy atom. The number of hydrogen-bond donors (Lipinski definition) is 2. The van der Waals surface area contributed by atoms with E-state index in [1.165, 1.54) is 0 Å². The summed E-state index contributed by atoms with van der Waals surface area (Å²) >= 11 is 0. The standard InChI is InChI=1S/C12H24N2O2/c1-6-12(5)7-9(8-13-12)14-10(15)16-11(2,3)4/h9,13H,6-8H2,1-5H3,(H,14,15). The molecule has 1 amide bonds. The van der Waals surface area contributed by atoms with Gasteiger partial charge in [0.15, 0.2) is 0 Å². The highest BCUT2D eigenvalue weighted by molar-refractivity contribution is 5.68. The molecule has 0 saturated carbocycles. The normalized spacial score (nSPS) is 30.2. The quantitative estimate of drug-likeness (QED) is 0.760. The van der Waals surface area contributed by atoms with Gasteiger partial charge in [0, 0.05) is 18.1 Å². The van der Waals surface area contributed by atoms with Crippen LogP contribution in [0.25, 0.3) is 0 Å². The molecule has 0 spiro atoms. The summed E-state index contributed by atoms with van der Waals surface area (Å²) < 4.78 is 5.22. The topological polar surface area (TPSA) is 50.4 Å². The molecule has 0 aromatic rings. The van der Waals surface area contributed by atoms with Gasteiger partial charge in [-0.05, 0) is 40.5 Å². The van der Waals surface area contributed by atoms with E-state index in [1.807, 2.05) is 20.8 Å².